The fourth-order valence-corrected chi connectivity index (χ4v) is 1.21. The monoisotopic (exact) mass is 242 g/mol. The minimum absolute atomic E-state index is 0.220. The number of rotatable bonds is 5. The van der Waals surface area contributed by atoms with Crippen molar-refractivity contribution in [2.75, 3.05) is 6.61 Å². The zero-order valence-electron chi connectivity index (χ0n) is 9.33. The molecule has 0 spiro atoms. The minimum Gasteiger partial charge on any atom is -0.465 e. The van der Waals surface area contributed by atoms with E-state index in [0.29, 0.717) is 12.5 Å². The summed E-state index contributed by atoms with van der Waals surface area (Å²) < 4.78 is 30.5. The normalized spacial score (nSPS) is 10.1. The summed E-state index contributed by atoms with van der Waals surface area (Å²) in [5.41, 5.74) is -0.306. The summed E-state index contributed by atoms with van der Waals surface area (Å²) in [6.45, 7) is 2.03. The van der Waals surface area contributed by atoms with E-state index in [9.17, 15) is 18.4 Å². The number of ether oxygens (including phenoxy) is 1. The molecule has 0 bridgehead atoms. The van der Waals surface area contributed by atoms with E-state index in [1.807, 2.05) is 6.92 Å². The van der Waals surface area contributed by atoms with Crippen LogP contribution in [-0.2, 0) is 9.53 Å². The van der Waals surface area contributed by atoms with Crippen molar-refractivity contribution < 1.29 is 23.1 Å². The fourth-order valence-electron chi connectivity index (χ4n) is 1.21. The van der Waals surface area contributed by atoms with Crippen molar-refractivity contribution in [3.8, 4) is 0 Å². The highest BCUT2D eigenvalue weighted by Gasteiger charge is 2.16. The molecule has 0 fully saturated rings. The van der Waals surface area contributed by atoms with Crippen LogP contribution in [0, 0.1) is 11.6 Å². The highest BCUT2D eigenvalue weighted by atomic mass is 19.1. The Kier molecular flexibility index (Phi) is 4.75. The highest BCUT2D eigenvalue weighted by molar-refractivity contribution is 6.06. The molecule has 0 aliphatic rings. The second kappa shape index (κ2) is 6.08. The van der Waals surface area contributed by atoms with Gasteiger partial charge in [-0.15, -0.1) is 0 Å². The van der Waals surface area contributed by atoms with Crippen LogP contribution >= 0.6 is 0 Å². The maximum Gasteiger partial charge on any atom is 0.313 e. The van der Waals surface area contributed by atoms with Gasteiger partial charge in [0.1, 0.15) is 18.1 Å². The Labute approximate surface area is 97.4 Å². The van der Waals surface area contributed by atoms with Gasteiger partial charge in [-0.2, -0.15) is 0 Å². The number of carbonyl (C=O) groups is 2. The Bertz CT molecular complexity index is 430. The molecule has 92 valence electrons. The predicted molar refractivity (Wildman–Crippen MR) is 56.6 cm³/mol. The molecule has 0 N–H and O–H groups in total. The van der Waals surface area contributed by atoms with Crippen LogP contribution in [0.4, 0.5) is 8.78 Å². The lowest BCUT2D eigenvalue weighted by atomic mass is 10.1. The molecule has 0 heterocycles. The molecule has 5 heteroatoms. The first kappa shape index (κ1) is 13.3. The van der Waals surface area contributed by atoms with Crippen molar-refractivity contribution in [2.24, 2.45) is 0 Å². The Balaban J connectivity index is 2.67. The lowest BCUT2D eigenvalue weighted by Crippen LogP contribution is -2.13. The number of carbonyl (C=O) groups excluding carboxylic acids is 2. The predicted octanol–water partition coefficient (Wildman–Crippen LogP) is 2.49. The van der Waals surface area contributed by atoms with Crippen LogP contribution in [0.5, 0.6) is 0 Å². The Morgan fingerprint density at radius 3 is 2.59 bits per heavy atom. The van der Waals surface area contributed by atoms with E-state index in [1.54, 1.807) is 0 Å². The van der Waals surface area contributed by atoms with Crippen molar-refractivity contribution >= 4 is 11.8 Å². The summed E-state index contributed by atoms with van der Waals surface area (Å²) in [6, 6.07) is 2.58. The van der Waals surface area contributed by atoms with Crippen LogP contribution in [0.2, 0.25) is 0 Å². The van der Waals surface area contributed by atoms with E-state index in [1.165, 1.54) is 0 Å². The van der Waals surface area contributed by atoms with Crippen LogP contribution in [0.1, 0.15) is 30.1 Å². The lowest BCUT2D eigenvalue weighted by molar-refractivity contribution is -0.142. The summed E-state index contributed by atoms with van der Waals surface area (Å²) >= 11 is 0. The second-order valence-corrected chi connectivity index (χ2v) is 3.44. The standard InChI is InChI=1S/C12H12F2O3/c1-2-5-17-12(16)7-11(15)9-4-3-8(13)6-10(9)14/h3-4,6H,2,5,7H2,1H3. The Hall–Kier alpha value is -1.78. The third-order valence-electron chi connectivity index (χ3n) is 2.00. The van der Waals surface area contributed by atoms with E-state index in [4.69, 9.17) is 4.74 Å². The number of hydrogen-bond acceptors (Lipinski definition) is 3. The van der Waals surface area contributed by atoms with E-state index >= 15 is 0 Å². The first-order chi connectivity index (χ1) is 8.04. The number of Topliss-reactive ketones (excluding diaryl/α,β-unsaturated/α-hetero) is 1. The summed E-state index contributed by atoms with van der Waals surface area (Å²) in [4.78, 5) is 22.6. The van der Waals surface area contributed by atoms with Gasteiger partial charge in [0.05, 0.1) is 12.2 Å². The molecule has 0 aromatic heterocycles. The SMILES string of the molecule is CCCOC(=O)CC(=O)c1ccc(F)cc1F. The zero-order chi connectivity index (χ0) is 12.8. The van der Waals surface area contributed by atoms with Gasteiger partial charge in [-0.25, -0.2) is 8.78 Å². The smallest absolute Gasteiger partial charge is 0.313 e. The second-order valence-electron chi connectivity index (χ2n) is 3.44. The fraction of sp³-hybridized carbons (Fsp3) is 0.333. The molecule has 1 aromatic rings. The van der Waals surface area contributed by atoms with E-state index in [2.05, 4.69) is 0 Å². The molecule has 0 aliphatic carbocycles. The van der Waals surface area contributed by atoms with Gasteiger partial charge in [-0.3, -0.25) is 9.59 Å². The van der Waals surface area contributed by atoms with Crippen molar-refractivity contribution in [3.63, 3.8) is 0 Å². The van der Waals surface area contributed by atoms with E-state index < -0.39 is 29.8 Å². The molecule has 0 saturated heterocycles. The summed E-state index contributed by atoms with van der Waals surface area (Å²) in [6.07, 6.45) is 0.105. The molecule has 0 unspecified atom stereocenters. The molecular formula is C12H12F2O3. The molecular weight excluding hydrogens is 230 g/mol. The van der Waals surface area contributed by atoms with Crippen molar-refractivity contribution in [3.05, 3.63) is 35.4 Å². The molecule has 0 radical (unpaired) electrons. The van der Waals surface area contributed by atoms with Crippen molar-refractivity contribution in [1.29, 1.82) is 0 Å². The van der Waals surface area contributed by atoms with Gasteiger partial charge >= 0.3 is 5.97 Å². The number of esters is 1. The molecule has 0 aliphatic heterocycles. The van der Waals surface area contributed by atoms with Gasteiger partial charge in [0.15, 0.2) is 5.78 Å². The molecule has 0 saturated carbocycles. The van der Waals surface area contributed by atoms with Crippen LogP contribution in [-0.4, -0.2) is 18.4 Å². The molecule has 0 amide bonds. The summed E-state index contributed by atoms with van der Waals surface area (Å²) in [5.74, 6) is -3.17. The maximum atomic E-state index is 13.2. The van der Waals surface area contributed by atoms with Gasteiger partial charge in [-0.05, 0) is 18.6 Å². The van der Waals surface area contributed by atoms with Crippen LogP contribution in [0.3, 0.4) is 0 Å². The van der Waals surface area contributed by atoms with Gasteiger partial charge in [0.25, 0.3) is 0 Å². The van der Waals surface area contributed by atoms with Gasteiger partial charge in [0, 0.05) is 6.07 Å². The maximum absolute atomic E-state index is 13.2. The van der Waals surface area contributed by atoms with E-state index in [0.717, 1.165) is 12.1 Å². The van der Waals surface area contributed by atoms with Crippen LogP contribution < -0.4 is 0 Å². The van der Waals surface area contributed by atoms with Crippen molar-refractivity contribution in [1.82, 2.24) is 0 Å². The third-order valence-corrected chi connectivity index (χ3v) is 2.00. The highest BCUT2D eigenvalue weighted by Crippen LogP contribution is 2.12. The molecule has 1 rings (SSSR count). The van der Waals surface area contributed by atoms with Crippen molar-refractivity contribution in [2.45, 2.75) is 19.8 Å². The topological polar surface area (TPSA) is 43.4 Å². The average Bonchev–Trinajstić information content (AvgIpc) is 2.26. The van der Waals surface area contributed by atoms with Gasteiger partial charge < -0.3 is 4.74 Å². The Morgan fingerprint density at radius 2 is 2.00 bits per heavy atom. The van der Waals surface area contributed by atoms with Crippen LogP contribution in [0.15, 0.2) is 18.2 Å². The number of halogens is 2. The largest absolute Gasteiger partial charge is 0.465 e. The first-order valence-corrected chi connectivity index (χ1v) is 5.18. The van der Waals surface area contributed by atoms with Gasteiger partial charge in [0.2, 0.25) is 0 Å². The Morgan fingerprint density at radius 1 is 1.29 bits per heavy atom. The average molecular weight is 242 g/mol. The zero-order valence-corrected chi connectivity index (χ0v) is 9.33. The molecule has 1 aromatic carbocycles. The number of ketones is 1. The number of hydrogen-bond donors (Lipinski definition) is 0. The lowest BCUT2D eigenvalue weighted by Gasteiger charge is -2.03. The molecule has 17 heavy (non-hydrogen) atoms. The minimum atomic E-state index is -0.974. The summed E-state index contributed by atoms with van der Waals surface area (Å²) in [5, 5.41) is 0. The van der Waals surface area contributed by atoms with E-state index in [-0.39, 0.29) is 12.2 Å². The quantitative estimate of drug-likeness (QED) is 0.452. The van der Waals surface area contributed by atoms with Crippen LogP contribution in [0.25, 0.3) is 0 Å². The van der Waals surface area contributed by atoms with Gasteiger partial charge in [-0.1, -0.05) is 6.92 Å². The summed E-state index contributed by atoms with van der Waals surface area (Å²) in [7, 11) is 0. The molecule has 0 atom stereocenters. The third kappa shape index (κ3) is 3.94. The molecule has 3 nitrogen and oxygen atoms in total. The number of benzene rings is 1. The first-order valence-electron chi connectivity index (χ1n) is 5.18.